The van der Waals surface area contributed by atoms with Gasteiger partial charge in [-0.05, 0) is 38.8 Å². The first kappa shape index (κ1) is 17.0. The highest BCUT2D eigenvalue weighted by Crippen LogP contribution is 2.19. The van der Waals surface area contributed by atoms with Crippen molar-refractivity contribution in [3.8, 4) is 0 Å². The average molecular weight is 283 g/mol. The normalized spacial score (nSPS) is 19.2. The SMILES string of the molecule is CCC1CCCCN1C(=O)C(=O)NCCN(CC)CC. The molecule has 0 radical (unpaired) electrons. The van der Waals surface area contributed by atoms with E-state index in [1.54, 1.807) is 4.90 Å². The Kier molecular flexibility index (Phi) is 7.59. The van der Waals surface area contributed by atoms with E-state index in [0.717, 1.165) is 51.9 Å². The van der Waals surface area contributed by atoms with Crippen LogP contribution >= 0.6 is 0 Å². The number of nitrogens with zero attached hydrogens (tertiary/aromatic N) is 2. The summed E-state index contributed by atoms with van der Waals surface area (Å²) >= 11 is 0. The number of rotatable bonds is 6. The van der Waals surface area contributed by atoms with E-state index < -0.39 is 5.91 Å². The van der Waals surface area contributed by atoms with Gasteiger partial charge in [-0.2, -0.15) is 0 Å². The Morgan fingerprint density at radius 2 is 1.90 bits per heavy atom. The van der Waals surface area contributed by atoms with Gasteiger partial charge >= 0.3 is 11.8 Å². The standard InChI is InChI=1S/C15H29N3O2/c1-4-13-9-7-8-11-18(13)15(20)14(19)16-10-12-17(5-2)6-3/h13H,4-12H2,1-3H3,(H,16,19). The lowest BCUT2D eigenvalue weighted by Crippen LogP contribution is -2.50. The molecule has 0 bridgehead atoms. The largest absolute Gasteiger partial charge is 0.347 e. The van der Waals surface area contributed by atoms with Gasteiger partial charge < -0.3 is 15.1 Å². The molecule has 1 atom stereocenters. The smallest absolute Gasteiger partial charge is 0.312 e. The molecule has 2 amide bonds. The predicted octanol–water partition coefficient (Wildman–Crippen LogP) is 1.24. The number of carbonyl (C=O) groups is 2. The molecule has 20 heavy (non-hydrogen) atoms. The van der Waals surface area contributed by atoms with Crippen molar-refractivity contribution in [2.45, 2.75) is 52.5 Å². The molecule has 0 aromatic carbocycles. The Morgan fingerprint density at radius 1 is 1.20 bits per heavy atom. The molecule has 1 aliphatic heterocycles. The van der Waals surface area contributed by atoms with Crippen LogP contribution in [0.1, 0.15) is 46.5 Å². The minimum Gasteiger partial charge on any atom is -0.347 e. The average Bonchev–Trinajstić information content (AvgIpc) is 2.50. The van der Waals surface area contributed by atoms with E-state index in [0.29, 0.717) is 6.54 Å². The number of likely N-dealkylation sites (N-methyl/N-ethyl adjacent to an activating group) is 1. The number of piperidine rings is 1. The first-order valence-corrected chi connectivity index (χ1v) is 7.95. The molecule has 0 spiro atoms. The Labute approximate surface area is 122 Å². The lowest BCUT2D eigenvalue weighted by molar-refractivity contribution is -0.148. The molecule has 0 saturated carbocycles. The van der Waals surface area contributed by atoms with E-state index in [1.807, 2.05) is 0 Å². The van der Waals surface area contributed by atoms with Crippen LogP contribution in [0.25, 0.3) is 0 Å². The molecule has 1 rings (SSSR count). The minimum atomic E-state index is -0.447. The van der Waals surface area contributed by atoms with Gasteiger partial charge in [-0.25, -0.2) is 0 Å². The summed E-state index contributed by atoms with van der Waals surface area (Å²) < 4.78 is 0. The third-order valence-corrected chi connectivity index (χ3v) is 4.16. The van der Waals surface area contributed by atoms with Crippen molar-refractivity contribution in [1.82, 2.24) is 15.1 Å². The van der Waals surface area contributed by atoms with Crippen LogP contribution in [0.4, 0.5) is 0 Å². The second-order valence-electron chi connectivity index (χ2n) is 5.34. The highest BCUT2D eigenvalue weighted by Gasteiger charge is 2.29. The van der Waals surface area contributed by atoms with Crippen LogP contribution in [0.3, 0.4) is 0 Å². The highest BCUT2D eigenvalue weighted by molar-refractivity contribution is 6.35. The van der Waals surface area contributed by atoms with E-state index >= 15 is 0 Å². The maximum Gasteiger partial charge on any atom is 0.312 e. The lowest BCUT2D eigenvalue weighted by Gasteiger charge is -2.34. The topological polar surface area (TPSA) is 52.7 Å². The van der Waals surface area contributed by atoms with Gasteiger partial charge in [0.05, 0.1) is 0 Å². The second kappa shape index (κ2) is 8.95. The van der Waals surface area contributed by atoms with Gasteiger partial charge in [-0.1, -0.05) is 20.8 Å². The molecular weight excluding hydrogens is 254 g/mol. The lowest BCUT2D eigenvalue weighted by atomic mass is 10.00. The fraction of sp³-hybridized carbons (Fsp3) is 0.867. The summed E-state index contributed by atoms with van der Waals surface area (Å²) in [6.45, 7) is 10.2. The second-order valence-corrected chi connectivity index (χ2v) is 5.34. The number of hydrogen-bond acceptors (Lipinski definition) is 3. The zero-order valence-electron chi connectivity index (χ0n) is 13.2. The van der Waals surface area contributed by atoms with Crippen molar-refractivity contribution in [2.75, 3.05) is 32.7 Å². The fourth-order valence-corrected chi connectivity index (χ4v) is 2.77. The Morgan fingerprint density at radius 3 is 2.50 bits per heavy atom. The first-order valence-electron chi connectivity index (χ1n) is 7.95. The summed E-state index contributed by atoms with van der Waals surface area (Å²) in [6, 6.07) is 0.241. The number of likely N-dealkylation sites (tertiary alicyclic amines) is 1. The number of hydrogen-bond donors (Lipinski definition) is 1. The van der Waals surface area contributed by atoms with E-state index in [-0.39, 0.29) is 11.9 Å². The molecule has 5 heteroatoms. The zero-order valence-corrected chi connectivity index (χ0v) is 13.2. The monoisotopic (exact) mass is 283 g/mol. The van der Waals surface area contributed by atoms with Crippen molar-refractivity contribution < 1.29 is 9.59 Å². The van der Waals surface area contributed by atoms with Crippen LogP contribution in [-0.2, 0) is 9.59 Å². The van der Waals surface area contributed by atoms with Crippen molar-refractivity contribution in [3.05, 3.63) is 0 Å². The molecule has 0 aliphatic carbocycles. The Balaban J connectivity index is 2.40. The van der Waals surface area contributed by atoms with Gasteiger partial charge in [0.25, 0.3) is 0 Å². The van der Waals surface area contributed by atoms with Crippen molar-refractivity contribution in [2.24, 2.45) is 0 Å². The molecule has 1 aliphatic rings. The van der Waals surface area contributed by atoms with Gasteiger partial charge in [0, 0.05) is 25.7 Å². The van der Waals surface area contributed by atoms with Crippen LogP contribution in [0.15, 0.2) is 0 Å². The maximum atomic E-state index is 12.2. The third-order valence-electron chi connectivity index (χ3n) is 4.16. The maximum absolute atomic E-state index is 12.2. The molecule has 1 heterocycles. The van der Waals surface area contributed by atoms with E-state index in [9.17, 15) is 9.59 Å². The predicted molar refractivity (Wildman–Crippen MR) is 80.4 cm³/mol. The molecule has 1 N–H and O–H groups in total. The molecule has 1 unspecified atom stereocenters. The van der Waals surface area contributed by atoms with E-state index in [1.165, 1.54) is 0 Å². The summed E-state index contributed by atoms with van der Waals surface area (Å²) in [4.78, 5) is 28.1. The molecular formula is C15H29N3O2. The van der Waals surface area contributed by atoms with E-state index in [4.69, 9.17) is 0 Å². The molecule has 0 aromatic heterocycles. The van der Waals surface area contributed by atoms with Gasteiger partial charge in [-0.15, -0.1) is 0 Å². The fourth-order valence-electron chi connectivity index (χ4n) is 2.77. The molecule has 0 aromatic rings. The van der Waals surface area contributed by atoms with E-state index in [2.05, 4.69) is 31.0 Å². The summed E-state index contributed by atoms with van der Waals surface area (Å²) in [5.74, 6) is -0.798. The quantitative estimate of drug-likeness (QED) is 0.746. The molecule has 116 valence electrons. The first-order chi connectivity index (χ1) is 9.63. The number of carbonyl (C=O) groups excluding carboxylic acids is 2. The Hall–Kier alpha value is -1.10. The summed E-state index contributed by atoms with van der Waals surface area (Å²) in [6.07, 6.45) is 4.12. The van der Waals surface area contributed by atoms with Gasteiger partial charge in [-0.3, -0.25) is 9.59 Å². The Bertz CT molecular complexity index is 316. The van der Waals surface area contributed by atoms with Crippen LogP contribution < -0.4 is 5.32 Å². The van der Waals surface area contributed by atoms with Crippen LogP contribution in [0.2, 0.25) is 0 Å². The van der Waals surface area contributed by atoms with Crippen molar-refractivity contribution in [3.63, 3.8) is 0 Å². The van der Waals surface area contributed by atoms with Gasteiger partial charge in [0.15, 0.2) is 0 Å². The van der Waals surface area contributed by atoms with Crippen LogP contribution in [0, 0.1) is 0 Å². The minimum absolute atomic E-state index is 0.241. The van der Waals surface area contributed by atoms with Crippen LogP contribution in [-0.4, -0.2) is 60.4 Å². The van der Waals surface area contributed by atoms with Gasteiger partial charge in [0.2, 0.25) is 0 Å². The summed E-state index contributed by atoms with van der Waals surface area (Å²) in [5.41, 5.74) is 0. The van der Waals surface area contributed by atoms with Crippen LogP contribution in [0.5, 0.6) is 0 Å². The van der Waals surface area contributed by atoms with Crippen molar-refractivity contribution >= 4 is 11.8 Å². The summed E-state index contributed by atoms with van der Waals surface area (Å²) in [7, 11) is 0. The molecule has 5 nitrogen and oxygen atoms in total. The summed E-state index contributed by atoms with van der Waals surface area (Å²) in [5, 5.41) is 2.75. The molecule has 1 saturated heterocycles. The molecule has 1 fully saturated rings. The van der Waals surface area contributed by atoms with Gasteiger partial charge in [0.1, 0.15) is 0 Å². The number of nitrogens with one attached hydrogen (secondary N) is 1. The highest BCUT2D eigenvalue weighted by atomic mass is 16.2. The third kappa shape index (κ3) is 4.78. The number of amides is 2. The zero-order chi connectivity index (χ0) is 15.0. The van der Waals surface area contributed by atoms with Crippen molar-refractivity contribution in [1.29, 1.82) is 0 Å².